The monoisotopic (exact) mass is 240 g/mol. The average Bonchev–Trinajstić information content (AvgIpc) is 2.06. The Morgan fingerprint density at radius 1 is 1.57 bits per heavy atom. The molecule has 0 spiro atoms. The molecule has 14 heavy (non-hydrogen) atoms. The first-order valence-corrected chi connectivity index (χ1v) is 6.04. The van der Waals surface area contributed by atoms with Gasteiger partial charge in [0.2, 0.25) is 0 Å². The molecular weight excluding hydrogens is 231 g/mol. The second kappa shape index (κ2) is 4.31. The summed E-state index contributed by atoms with van der Waals surface area (Å²) in [5.41, 5.74) is 0. The van der Waals surface area contributed by atoms with Gasteiger partial charge in [-0.3, -0.25) is 14.0 Å². The third-order valence-corrected chi connectivity index (χ3v) is 2.98. The number of hydrogen-bond acceptors (Lipinski definition) is 4. The predicted molar refractivity (Wildman–Crippen MR) is 47.0 cm³/mol. The van der Waals surface area contributed by atoms with E-state index in [4.69, 9.17) is 4.55 Å². The van der Waals surface area contributed by atoms with Crippen molar-refractivity contribution < 1.29 is 22.3 Å². The van der Waals surface area contributed by atoms with Crippen LogP contribution in [0.5, 0.6) is 0 Å². The van der Waals surface area contributed by atoms with Gasteiger partial charge in [-0.25, -0.2) is 4.57 Å². The fourth-order valence-electron chi connectivity index (χ4n) is 1.23. The van der Waals surface area contributed by atoms with Gasteiger partial charge in [0.1, 0.15) is 6.04 Å². The minimum Gasteiger partial charge on any atom is -0.273 e. The summed E-state index contributed by atoms with van der Waals surface area (Å²) in [5, 5.41) is 0. The zero-order valence-electron chi connectivity index (χ0n) is 7.08. The van der Waals surface area contributed by atoms with Gasteiger partial charge < -0.3 is 0 Å². The van der Waals surface area contributed by atoms with Crippen molar-refractivity contribution in [1.82, 2.24) is 9.39 Å². The number of rotatable bonds is 3. The topological polar surface area (TPSA) is 104 Å². The number of piperidine rings is 1. The van der Waals surface area contributed by atoms with Crippen LogP contribution in [-0.4, -0.2) is 36.1 Å². The number of amides is 1. The van der Waals surface area contributed by atoms with Crippen molar-refractivity contribution in [3.05, 3.63) is 0 Å². The van der Waals surface area contributed by atoms with Gasteiger partial charge in [0.05, 0.1) is 0 Å². The fourth-order valence-corrected chi connectivity index (χ4v) is 2.25. The Morgan fingerprint density at radius 3 is 2.71 bits per heavy atom. The van der Waals surface area contributed by atoms with Crippen LogP contribution in [0.25, 0.3) is 0 Å². The van der Waals surface area contributed by atoms with Gasteiger partial charge in [-0.15, -0.1) is 0 Å². The summed E-state index contributed by atoms with van der Waals surface area (Å²) < 4.78 is 42.5. The van der Waals surface area contributed by atoms with Crippen molar-refractivity contribution in [2.45, 2.75) is 18.9 Å². The van der Waals surface area contributed by atoms with Crippen LogP contribution < -0.4 is 4.72 Å². The zero-order chi connectivity index (χ0) is 10.8. The first kappa shape index (κ1) is 11.5. The standard InChI is InChI=1S/C5H9N2O5PS/c8-5-4(6-14(10,11)12)2-1-3-7(5)13-9/h4,6H,1-3H2,(H,10,11,12). The second-order valence-corrected chi connectivity index (χ2v) is 4.66. The Kier molecular flexibility index (Phi) is 3.54. The van der Waals surface area contributed by atoms with Gasteiger partial charge in [0.25, 0.3) is 14.5 Å². The zero-order valence-corrected chi connectivity index (χ0v) is 8.79. The molecule has 0 bridgehead atoms. The SMILES string of the molecule is O=PN1CCCC(NS(=O)(=O)O)C1=O. The van der Waals surface area contributed by atoms with Gasteiger partial charge in [0, 0.05) is 6.54 Å². The van der Waals surface area contributed by atoms with E-state index in [1.165, 1.54) is 0 Å². The van der Waals surface area contributed by atoms with Crippen LogP contribution in [0, 0.1) is 0 Å². The third kappa shape index (κ3) is 2.98. The maximum absolute atomic E-state index is 11.3. The van der Waals surface area contributed by atoms with Crippen LogP contribution in [0.1, 0.15) is 12.8 Å². The lowest BCUT2D eigenvalue weighted by atomic mass is 10.1. The molecule has 0 aromatic rings. The highest BCUT2D eigenvalue weighted by Crippen LogP contribution is 2.18. The molecule has 0 aromatic heterocycles. The van der Waals surface area contributed by atoms with E-state index in [0.717, 1.165) is 4.67 Å². The van der Waals surface area contributed by atoms with Crippen molar-refractivity contribution >= 4 is 24.8 Å². The van der Waals surface area contributed by atoms with Crippen molar-refractivity contribution in [2.75, 3.05) is 6.54 Å². The highest BCUT2D eigenvalue weighted by molar-refractivity contribution is 7.83. The van der Waals surface area contributed by atoms with E-state index in [2.05, 4.69) is 0 Å². The van der Waals surface area contributed by atoms with Gasteiger partial charge in [-0.2, -0.15) is 13.1 Å². The molecule has 1 amide bonds. The number of nitrogens with one attached hydrogen (secondary N) is 1. The number of hydrogen-bond donors (Lipinski definition) is 2. The molecule has 1 saturated heterocycles. The first-order chi connectivity index (χ1) is 6.44. The van der Waals surface area contributed by atoms with E-state index in [1.54, 1.807) is 4.72 Å². The largest absolute Gasteiger partial charge is 0.334 e. The lowest BCUT2D eigenvalue weighted by Gasteiger charge is -2.26. The molecule has 1 unspecified atom stereocenters. The summed E-state index contributed by atoms with van der Waals surface area (Å²) in [5.74, 6) is -0.592. The minimum atomic E-state index is -4.39. The summed E-state index contributed by atoms with van der Waals surface area (Å²) >= 11 is 0. The smallest absolute Gasteiger partial charge is 0.273 e. The summed E-state index contributed by atoms with van der Waals surface area (Å²) in [4.78, 5) is 11.3. The Morgan fingerprint density at radius 2 is 2.21 bits per heavy atom. The van der Waals surface area contributed by atoms with Crippen molar-refractivity contribution in [3.63, 3.8) is 0 Å². The number of nitrogens with zero attached hydrogens (tertiary/aromatic N) is 1. The molecule has 1 rings (SSSR count). The van der Waals surface area contributed by atoms with Gasteiger partial charge in [-0.05, 0) is 12.8 Å². The normalized spacial score (nSPS) is 24.2. The molecule has 1 heterocycles. The summed E-state index contributed by atoms with van der Waals surface area (Å²) in [6.45, 7) is 0.327. The molecule has 0 aromatic carbocycles. The van der Waals surface area contributed by atoms with Crippen molar-refractivity contribution in [3.8, 4) is 0 Å². The second-order valence-electron chi connectivity index (χ2n) is 2.83. The molecule has 2 N–H and O–H groups in total. The van der Waals surface area contributed by atoms with Crippen LogP contribution in [0.4, 0.5) is 0 Å². The molecule has 9 heteroatoms. The van der Waals surface area contributed by atoms with E-state index < -0.39 is 30.9 Å². The fraction of sp³-hybridized carbons (Fsp3) is 0.800. The molecule has 0 aliphatic carbocycles. The van der Waals surface area contributed by atoms with E-state index >= 15 is 0 Å². The Hall–Kier alpha value is -0.560. The highest BCUT2D eigenvalue weighted by Gasteiger charge is 2.31. The lowest BCUT2D eigenvalue weighted by Crippen LogP contribution is -2.48. The van der Waals surface area contributed by atoms with Crippen LogP contribution in [-0.2, 0) is 19.7 Å². The molecule has 0 radical (unpaired) electrons. The van der Waals surface area contributed by atoms with Gasteiger partial charge in [-0.1, -0.05) is 0 Å². The van der Waals surface area contributed by atoms with Crippen LogP contribution in [0.3, 0.4) is 0 Å². The first-order valence-electron chi connectivity index (χ1n) is 3.83. The van der Waals surface area contributed by atoms with Crippen LogP contribution in [0.15, 0.2) is 0 Å². The quantitative estimate of drug-likeness (QED) is 0.515. The Labute approximate surface area is 82.6 Å². The Bertz CT molecular complexity index is 342. The molecule has 1 atom stereocenters. The summed E-state index contributed by atoms with van der Waals surface area (Å²) in [6, 6.07) is -1.01. The van der Waals surface area contributed by atoms with E-state index in [0.29, 0.717) is 19.4 Å². The number of carbonyl (C=O) groups excluding carboxylic acids is 1. The van der Waals surface area contributed by atoms with Gasteiger partial charge in [0.15, 0.2) is 0 Å². The molecule has 0 saturated carbocycles. The molecule has 1 fully saturated rings. The number of carbonyl (C=O) groups is 1. The lowest BCUT2D eigenvalue weighted by molar-refractivity contribution is -0.130. The minimum absolute atomic E-state index is 0.296. The summed E-state index contributed by atoms with van der Waals surface area (Å²) in [6.07, 6.45) is 0.832. The maximum atomic E-state index is 11.3. The van der Waals surface area contributed by atoms with Crippen molar-refractivity contribution in [2.24, 2.45) is 0 Å². The van der Waals surface area contributed by atoms with Crippen molar-refractivity contribution in [1.29, 1.82) is 0 Å². The molecule has 80 valence electrons. The Balaban J connectivity index is 2.70. The molecule has 1 aliphatic heterocycles. The highest BCUT2D eigenvalue weighted by atomic mass is 32.2. The van der Waals surface area contributed by atoms with Crippen LogP contribution in [0.2, 0.25) is 0 Å². The maximum Gasteiger partial charge on any atom is 0.334 e. The van der Waals surface area contributed by atoms with E-state index in [9.17, 15) is 17.8 Å². The van der Waals surface area contributed by atoms with E-state index in [-0.39, 0.29) is 0 Å². The van der Waals surface area contributed by atoms with E-state index in [1.807, 2.05) is 0 Å². The molecule has 7 nitrogen and oxygen atoms in total. The third-order valence-electron chi connectivity index (χ3n) is 1.80. The summed E-state index contributed by atoms with van der Waals surface area (Å²) in [7, 11) is -4.85. The molecule has 1 aliphatic rings. The molecular formula is C5H9N2O5PS. The predicted octanol–water partition coefficient (Wildman–Crippen LogP) is -0.424. The average molecular weight is 240 g/mol. The van der Waals surface area contributed by atoms with Gasteiger partial charge >= 0.3 is 10.3 Å². The van der Waals surface area contributed by atoms with Crippen LogP contribution >= 0.6 is 8.61 Å².